The lowest BCUT2D eigenvalue weighted by Crippen LogP contribution is -2.00. The van der Waals surface area contributed by atoms with Crippen molar-refractivity contribution in [1.82, 2.24) is 0 Å². The first kappa shape index (κ1) is 24.6. The summed E-state index contributed by atoms with van der Waals surface area (Å²) in [7, 11) is -14.1. The van der Waals surface area contributed by atoms with Gasteiger partial charge < -0.3 is 5.11 Å². The number of azo groups is 1. The fourth-order valence-electron chi connectivity index (χ4n) is 3.43. The molecule has 0 aliphatic heterocycles. The van der Waals surface area contributed by atoms with E-state index in [0.717, 1.165) is 30.3 Å². The lowest BCUT2D eigenvalue weighted by atomic mass is 10.1. The number of aromatic hydroxyl groups is 1. The van der Waals surface area contributed by atoms with E-state index in [-0.39, 0.29) is 32.9 Å². The van der Waals surface area contributed by atoms with E-state index < -0.39 is 50.8 Å². The van der Waals surface area contributed by atoms with Crippen molar-refractivity contribution in [3.8, 4) is 5.75 Å². The molecule has 15 heteroatoms. The summed E-state index contributed by atoms with van der Waals surface area (Å²) in [6.45, 7) is 0. The van der Waals surface area contributed by atoms with Gasteiger partial charge in [-0.3, -0.25) is 13.7 Å². The van der Waals surface area contributed by atoms with Crippen molar-refractivity contribution in [3.63, 3.8) is 0 Å². The maximum absolute atomic E-state index is 11.7. The molecule has 0 bridgehead atoms. The largest absolute Gasteiger partial charge is 0.506 e. The molecule has 0 spiro atoms. The Bertz CT molecular complexity index is 1880. The van der Waals surface area contributed by atoms with Crippen LogP contribution in [-0.2, 0) is 30.4 Å². The number of phenolic OH excluding ortho intramolecular Hbond substituents is 1. The van der Waals surface area contributed by atoms with Gasteiger partial charge in [0.1, 0.15) is 16.3 Å². The third-order valence-corrected chi connectivity index (χ3v) is 7.54. The molecular formula is C20H14N2O10S3. The first-order chi connectivity index (χ1) is 16.2. The van der Waals surface area contributed by atoms with E-state index in [4.69, 9.17) is 0 Å². The van der Waals surface area contributed by atoms with Crippen LogP contribution in [0.5, 0.6) is 5.75 Å². The van der Waals surface area contributed by atoms with Crippen LogP contribution in [0.1, 0.15) is 0 Å². The van der Waals surface area contributed by atoms with Crippen LogP contribution in [0.3, 0.4) is 0 Å². The van der Waals surface area contributed by atoms with E-state index in [1.807, 2.05) is 0 Å². The highest BCUT2D eigenvalue weighted by atomic mass is 32.2. The van der Waals surface area contributed by atoms with E-state index >= 15 is 0 Å². The summed E-state index contributed by atoms with van der Waals surface area (Å²) in [6, 6.07) is 11.7. The molecule has 0 aliphatic rings. The van der Waals surface area contributed by atoms with E-state index in [1.165, 1.54) is 30.3 Å². The molecule has 0 atom stereocenters. The molecule has 0 unspecified atom stereocenters. The van der Waals surface area contributed by atoms with Crippen molar-refractivity contribution in [1.29, 1.82) is 0 Å². The maximum atomic E-state index is 11.7. The topological polar surface area (TPSA) is 208 Å². The Balaban J connectivity index is 1.99. The molecule has 4 N–H and O–H groups in total. The minimum Gasteiger partial charge on any atom is -0.506 e. The molecule has 4 aromatic rings. The highest BCUT2D eigenvalue weighted by Crippen LogP contribution is 2.41. The second-order valence-electron chi connectivity index (χ2n) is 7.24. The molecule has 0 aromatic heterocycles. The lowest BCUT2D eigenvalue weighted by Gasteiger charge is -2.09. The smallest absolute Gasteiger partial charge is 0.295 e. The van der Waals surface area contributed by atoms with Gasteiger partial charge in [-0.1, -0.05) is 30.3 Å². The summed E-state index contributed by atoms with van der Waals surface area (Å²) in [5, 5.41) is 18.5. The van der Waals surface area contributed by atoms with E-state index in [1.54, 1.807) is 0 Å². The zero-order valence-electron chi connectivity index (χ0n) is 17.1. The Morgan fingerprint density at radius 2 is 1.20 bits per heavy atom. The molecule has 0 aliphatic carbocycles. The van der Waals surface area contributed by atoms with Crippen LogP contribution in [0.25, 0.3) is 21.5 Å². The van der Waals surface area contributed by atoms with Crippen LogP contribution in [0.15, 0.2) is 85.6 Å². The minimum atomic E-state index is -4.77. The normalized spacial score (nSPS) is 13.1. The van der Waals surface area contributed by atoms with Crippen LogP contribution < -0.4 is 0 Å². The summed E-state index contributed by atoms with van der Waals surface area (Å²) in [6.07, 6.45) is 0. The van der Waals surface area contributed by atoms with Crippen molar-refractivity contribution in [3.05, 3.63) is 60.7 Å². The molecule has 12 nitrogen and oxygen atoms in total. The zero-order chi connectivity index (χ0) is 25.8. The van der Waals surface area contributed by atoms with Crippen LogP contribution in [0.4, 0.5) is 11.4 Å². The van der Waals surface area contributed by atoms with Gasteiger partial charge in [-0.15, -0.1) is 10.2 Å². The average Bonchev–Trinajstić information content (AvgIpc) is 2.75. The molecular weight excluding hydrogens is 524 g/mol. The van der Waals surface area contributed by atoms with Gasteiger partial charge in [-0.05, 0) is 29.7 Å². The van der Waals surface area contributed by atoms with Gasteiger partial charge >= 0.3 is 0 Å². The summed E-state index contributed by atoms with van der Waals surface area (Å²) >= 11 is 0. The van der Waals surface area contributed by atoms with Gasteiger partial charge in [0.15, 0.2) is 0 Å². The van der Waals surface area contributed by atoms with Crippen molar-refractivity contribution >= 4 is 63.3 Å². The molecule has 0 fully saturated rings. The molecule has 4 aromatic carbocycles. The number of benzene rings is 4. The summed E-state index contributed by atoms with van der Waals surface area (Å²) in [5.41, 5.74) is -0.382. The van der Waals surface area contributed by atoms with Gasteiger partial charge in [-0.2, -0.15) is 25.3 Å². The fourth-order valence-corrected chi connectivity index (χ4v) is 5.20. The molecule has 0 heterocycles. The second kappa shape index (κ2) is 8.33. The summed E-state index contributed by atoms with van der Waals surface area (Å²) in [5.74, 6) is -0.663. The highest BCUT2D eigenvalue weighted by Gasteiger charge is 2.20. The number of phenols is 1. The first-order valence-corrected chi connectivity index (χ1v) is 13.6. The predicted molar refractivity (Wildman–Crippen MR) is 123 cm³/mol. The van der Waals surface area contributed by atoms with E-state index in [2.05, 4.69) is 10.2 Å². The Morgan fingerprint density at radius 1 is 0.600 bits per heavy atom. The molecule has 0 radical (unpaired) electrons. The second-order valence-corrected chi connectivity index (χ2v) is 11.5. The third-order valence-electron chi connectivity index (χ3n) is 4.97. The fraction of sp³-hybridized carbons (Fsp3) is 0. The Hall–Kier alpha value is -3.47. The Morgan fingerprint density at radius 3 is 1.80 bits per heavy atom. The Kier molecular flexibility index (Phi) is 5.87. The van der Waals surface area contributed by atoms with Gasteiger partial charge in [0, 0.05) is 22.2 Å². The van der Waals surface area contributed by atoms with Crippen LogP contribution >= 0.6 is 0 Å². The summed E-state index contributed by atoms with van der Waals surface area (Å²) < 4.78 is 98.1. The quantitative estimate of drug-likeness (QED) is 0.213. The van der Waals surface area contributed by atoms with Gasteiger partial charge in [0.05, 0.1) is 15.5 Å². The summed E-state index contributed by atoms with van der Waals surface area (Å²) in [4.78, 5) is -1.76. The number of hydrogen-bond donors (Lipinski definition) is 4. The average molecular weight is 539 g/mol. The molecule has 0 saturated carbocycles. The first-order valence-electron chi connectivity index (χ1n) is 9.33. The van der Waals surface area contributed by atoms with Crippen molar-refractivity contribution < 1.29 is 44.0 Å². The molecule has 35 heavy (non-hydrogen) atoms. The van der Waals surface area contributed by atoms with Crippen molar-refractivity contribution in [2.75, 3.05) is 0 Å². The number of hydrogen-bond acceptors (Lipinski definition) is 9. The van der Waals surface area contributed by atoms with Crippen molar-refractivity contribution in [2.45, 2.75) is 14.7 Å². The molecule has 4 rings (SSSR count). The monoisotopic (exact) mass is 538 g/mol. The van der Waals surface area contributed by atoms with Gasteiger partial charge in [-0.25, -0.2) is 0 Å². The molecule has 0 saturated heterocycles. The van der Waals surface area contributed by atoms with E-state index in [9.17, 15) is 44.0 Å². The number of rotatable bonds is 5. The highest BCUT2D eigenvalue weighted by molar-refractivity contribution is 7.86. The SMILES string of the molecule is O=S(=O)(O)c1ccc2c(N=Nc3c(O)cc(S(=O)(=O)O)c4ccccc34)cc(S(=O)(=O)O)cc2c1. The lowest BCUT2D eigenvalue weighted by molar-refractivity contribution is 0.468. The van der Waals surface area contributed by atoms with Crippen LogP contribution in [0.2, 0.25) is 0 Å². The Labute approximate surface area is 198 Å². The van der Waals surface area contributed by atoms with Gasteiger partial charge in [0.25, 0.3) is 30.4 Å². The minimum absolute atomic E-state index is 0.0242. The zero-order valence-corrected chi connectivity index (χ0v) is 19.6. The standard InChI is InChI=1S/C20H14N2O10S3/c23-18-10-19(35(30,31)32)15-3-1-2-4-16(15)20(18)22-21-17-9-13(34(27,28)29)8-11-7-12(33(24,25)26)5-6-14(11)17/h1-10,23H,(H,24,25,26)(H,27,28,29)(H,30,31,32). The van der Waals surface area contributed by atoms with Crippen LogP contribution in [0, 0.1) is 0 Å². The predicted octanol–water partition coefficient (Wildman–Crippen LogP) is 3.85. The van der Waals surface area contributed by atoms with Crippen LogP contribution in [-0.4, -0.2) is 44.0 Å². The van der Waals surface area contributed by atoms with E-state index in [0.29, 0.717) is 0 Å². The third kappa shape index (κ3) is 4.86. The molecule has 0 amide bonds. The maximum Gasteiger partial charge on any atom is 0.295 e. The molecule has 182 valence electrons. The number of nitrogens with zero attached hydrogens (tertiary/aromatic N) is 2. The number of fused-ring (bicyclic) bond motifs is 2. The van der Waals surface area contributed by atoms with Gasteiger partial charge in [0.2, 0.25) is 0 Å². The van der Waals surface area contributed by atoms with Crippen molar-refractivity contribution in [2.24, 2.45) is 10.2 Å².